The molecular formula is C16H19F2N3O. The Hall–Kier alpha value is -2.24. The Bertz CT molecular complexity index is 667. The number of H-pyrrole nitrogens is 1. The van der Waals surface area contributed by atoms with Gasteiger partial charge >= 0.3 is 0 Å². The quantitative estimate of drug-likeness (QED) is 0.889. The molecule has 0 aliphatic rings. The fraction of sp³-hybridized carbons (Fsp3) is 0.375. The molecule has 118 valence electrons. The molecule has 0 spiro atoms. The van der Waals surface area contributed by atoms with Gasteiger partial charge in [-0.1, -0.05) is 19.9 Å². The lowest BCUT2D eigenvalue weighted by Crippen LogP contribution is -2.27. The van der Waals surface area contributed by atoms with Gasteiger partial charge in [0.05, 0.1) is 6.04 Å². The van der Waals surface area contributed by atoms with Crippen molar-refractivity contribution in [3.8, 4) is 0 Å². The number of amides is 1. The zero-order chi connectivity index (χ0) is 16.3. The molecule has 4 nitrogen and oxygen atoms in total. The number of nitrogens with zero attached hydrogens (tertiary/aromatic N) is 1. The van der Waals surface area contributed by atoms with Crippen LogP contribution in [-0.4, -0.2) is 16.1 Å². The second-order valence-electron chi connectivity index (χ2n) is 5.74. The highest BCUT2D eigenvalue weighted by atomic mass is 19.1. The van der Waals surface area contributed by atoms with E-state index in [0.29, 0.717) is 5.92 Å². The van der Waals surface area contributed by atoms with Crippen LogP contribution in [0.3, 0.4) is 0 Å². The van der Waals surface area contributed by atoms with Crippen LogP contribution in [0.5, 0.6) is 0 Å². The number of aromatic amines is 1. The van der Waals surface area contributed by atoms with Crippen molar-refractivity contribution < 1.29 is 13.6 Å². The van der Waals surface area contributed by atoms with E-state index in [1.807, 2.05) is 0 Å². The van der Waals surface area contributed by atoms with Crippen molar-refractivity contribution in [2.75, 3.05) is 0 Å². The van der Waals surface area contributed by atoms with E-state index in [9.17, 15) is 13.6 Å². The summed E-state index contributed by atoms with van der Waals surface area (Å²) < 4.78 is 26.6. The summed E-state index contributed by atoms with van der Waals surface area (Å²) >= 11 is 0. The fourth-order valence-electron chi connectivity index (χ4n) is 2.22. The molecule has 0 aliphatic carbocycles. The van der Waals surface area contributed by atoms with Crippen molar-refractivity contribution >= 4 is 5.91 Å². The first-order chi connectivity index (χ1) is 10.4. The highest BCUT2D eigenvalue weighted by Gasteiger charge is 2.17. The largest absolute Gasteiger partial charge is 0.344 e. The number of rotatable bonds is 5. The standard InChI is InChI=1S/C16H19F2N3O/c1-9(2)6-12-8-15(21-20-12)16(22)19-10(3)13-5-4-11(17)7-14(13)18/h4-5,7-10H,6H2,1-3H3,(H,19,22)(H,20,21). The molecule has 0 bridgehead atoms. The lowest BCUT2D eigenvalue weighted by molar-refractivity contribution is 0.0934. The Morgan fingerprint density at radius 3 is 2.64 bits per heavy atom. The number of carbonyl (C=O) groups excluding carboxylic acids is 1. The molecule has 2 rings (SSSR count). The van der Waals surface area contributed by atoms with Gasteiger partial charge in [0.1, 0.15) is 17.3 Å². The number of carbonyl (C=O) groups is 1. The number of hydrogen-bond donors (Lipinski definition) is 2. The molecule has 0 aliphatic heterocycles. The molecule has 1 unspecified atom stereocenters. The van der Waals surface area contributed by atoms with Crippen LogP contribution < -0.4 is 5.32 Å². The van der Waals surface area contributed by atoms with Gasteiger partial charge in [-0.2, -0.15) is 5.10 Å². The van der Waals surface area contributed by atoms with E-state index in [1.165, 1.54) is 6.07 Å². The van der Waals surface area contributed by atoms with E-state index in [1.54, 1.807) is 13.0 Å². The average molecular weight is 307 g/mol. The van der Waals surface area contributed by atoms with E-state index >= 15 is 0 Å². The van der Waals surface area contributed by atoms with E-state index in [0.717, 1.165) is 24.2 Å². The van der Waals surface area contributed by atoms with Crippen LogP contribution in [0.4, 0.5) is 8.78 Å². The molecule has 6 heteroatoms. The topological polar surface area (TPSA) is 57.8 Å². The van der Waals surface area contributed by atoms with E-state index in [2.05, 4.69) is 29.4 Å². The predicted molar refractivity (Wildman–Crippen MR) is 79.4 cm³/mol. The normalized spacial score (nSPS) is 12.5. The van der Waals surface area contributed by atoms with Crippen molar-refractivity contribution in [1.29, 1.82) is 0 Å². The van der Waals surface area contributed by atoms with Crippen molar-refractivity contribution in [1.82, 2.24) is 15.5 Å². The molecule has 1 amide bonds. The molecule has 2 aromatic rings. The molecule has 0 radical (unpaired) electrons. The van der Waals surface area contributed by atoms with Crippen molar-refractivity contribution in [3.63, 3.8) is 0 Å². The zero-order valence-electron chi connectivity index (χ0n) is 12.8. The van der Waals surface area contributed by atoms with Crippen molar-refractivity contribution in [2.24, 2.45) is 5.92 Å². The fourth-order valence-corrected chi connectivity index (χ4v) is 2.22. The molecule has 1 aromatic heterocycles. The maximum absolute atomic E-state index is 13.7. The van der Waals surface area contributed by atoms with Gasteiger partial charge in [0, 0.05) is 17.3 Å². The molecule has 1 atom stereocenters. The monoisotopic (exact) mass is 307 g/mol. The minimum Gasteiger partial charge on any atom is -0.344 e. The predicted octanol–water partition coefficient (Wildman–Crippen LogP) is 3.38. The minimum absolute atomic E-state index is 0.229. The summed E-state index contributed by atoms with van der Waals surface area (Å²) in [5.74, 6) is -1.29. The van der Waals surface area contributed by atoms with Gasteiger partial charge in [0.2, 0.25) is 0 Å². The first-order valence-electron chi connectivity index (χ1n) is 7.17. The Morgan fingerprint density at radius 1 is 1.27 bits per heavy atom. The Balaban J connectivity index is 2.06. The SMILES string of the molecule is CC(C)Cc1cc(C(=O)NC(C)c2ccc(F)cc2F)n[nH]1. The van der Waals surface area contributed by atoms with Gasteiger partial charge in [-0.05, 0) is 31.4 Å². The highest BCUT2D eigenvalue weighted by molar-refractivity contribution is 5.92. The molecule has 0 saturated heterocycles. The molecule has 1 heterocycles. The van der Waals surface area contributed by atoms with Crippen LogP contribution in [0.2, 0.25) is 0 Å². The van der Waals surface area contributed by atoms with Gasteiger partial charge in [-0.15, -0.1) is 0 Å². The molecule has 1 aromatic carbocycles. The van der Waals surface area contributed by atoms with Crippen molar-refractivity contribution in [2.45, 2.75) is 33.2 Å². The lowest BCUT2D eigenvalue weighted by Gasteiger charge is -2.14. The summed E-state index contributed by atoms with van der Waals surface area (Å²) in [5, 5.41) is 9.43. The molecule has 0 fully saturated rings. The maximum atomic E-state index is 13.7. The lowest BCUT2D eigenvalue weighted by atomic mass is 10.1. The molecule has 22 heavy (non-hydrogen) atoms. The third kappa shape index (κ3) is 3.90. The third-order valence-electron chi connectivity index (χ3n) is 3.27. The highest BCUT2D eigenvalue weighted by Crippen LogP contribution is 2.18. The van der Waals surface area contributed by atoms with E-state index in [4.69, 9.17) is 0 Å². The summed E-state index contributed by atoms with van der Waals surface area (Å²) in [6, 6.07) is 4.38. The van der Waals surface area contributed by atoms with Gasteiger partial charge in [0.25, 0.3) is 5.91 Å². The van der Waals surface area contributed by atoms with Gasteiger partial charge in [0.15, 0.2) is 0 Å². The Morgan fingerprint density at radius 2 is 2.00 bits per heavy atom. The summed E-state index contributed by atoms with van der Waals surface area (Å²) in [6.45, 7) is 5.77. The number of benzene rings is 1. The van der Waals surface area contributed by atoms with Gasteiger partial charge < -0.3 is 5.32 Å². The van der Waals surface area contributed by atoms with Gasteiger partial charge in [-0.3, -0.25) is 9.89 Å². The van der Waals surface area contributed by atoms with Crippen LogP contribution in [0.25, 0.3) is 0 Å². The third-order valence-corrected chi connectivity index (χ3v) is 3.27. The van der Waals surface area contributed by atoms with Crippen LogP contribution in [-0.2, 0) is 6.42 Å². The summed E-state index contributed by atoms with van der Waals surface area (Å²) in [4.78, 5) is 12.1. The van der Waals surface area contributed by atoms with E-state index < -0.39 is 23.6 Å². The number of nitrogens with one attached hydrogen (secondary N) is 2. The molecule has 2 N–H and O–H groups in total. The van der Waals surface area contributed by atoms with Crippen molar-refractivity contribution in [3.05, 3.63) is 52.9 Å². The number of hydrogen-bond acceptors (Lipinski definition) is 2. The molecular weight excluding hydrogens is 288 g/mol. The summed E-state index contributed by atoms with van der Waals surface area (Å²) in [5.41, 5.74) is 1.36. The Labute approximate surface area is 127 Å². The second-order valence-corrected chi connectivity index (χ2v) is 5.74. The first-order valence-corrected chi connectivity index (χ1v) is 7.17. The second kappa shape index (κ2) is 6.68. The van der Waals surface area contributed by atoms with Crippen LogP contribution >= 0.6 is 0 Å². The minimum atomic E-state index is -0.685. The maximum Gasteiger partial charge on any atom is 0.272 e. The van der Waals surface area contributed by atoms with E-state index in [-0.39, 0.29) is 11.3 Å². The van der Waals surface area contributed by atoms with Crippen LogP contribution in [0.15, 0.2) is 24.3 Å². The number of aromatic nitrogens is 2. The van der Waals surface area contributed by atoms with Gasteiger partial charge in [-0.25, -0.2) is 8.78 Å². The summed E-state index contributed by atoms with van der Waals surface area (Å²) in [7, 11) is 0. The molecule has 0 saturated carbocycles. The summed E-state index contributed by atoms with van der Waals surface area (Å²) in [6.07, 6.45) is 0.794. The number of halogens is 2. The zero-order valence-corrected chi connectivity index (χ0v) is 12.8. The van der Waals surface area contributed by atoms with Crippen LogP contribution in [0.1, 0.15) is 48.6 Å². The van der Waals surface area contributed by atoms with Crippen LogP contribution in [0, 0.1) is 17.6 Å². The average Bonchev–Trinajstić information content (AvgIpc) is 2.86. The first kappa shape index (κ1) is 16.1. The Kier molecular flexibility index (Phi) is 4.90. The smallest absolute Gasteiger partial charge is 0.272 e.